The van der Waals surface area contributed by atoms with Crippen LogP contribution in [0.2, 0.25) is 0 Å². The summed E-state index contributed by atoms with van der Waals surface area (Å²) in [6.45, 7) is 2.58. The second-order valence-corrected chi connectivity index (χ2v) is 4.33. The molecular formula is C11H20ClNO. The summed E-state index contributed by atoms with van der Waals surface area (Å²) in [5.41, 5.74) is 8.66. The Morgan fingerprint density at radius 2 is 2.14 bits per heavy atom. The molecule has 0 aromatic carbocycles. The van der Waals surface area contributed by atoms with Crippen LogP contribution in [-0.4, -0.2) is 18.8 Å². The fourth-order valence-electron chi connectivity index (χ4n) is 1.78. The van der Waals surface area contributed by atoms with E-state index in [0.717, 1.165) is 18.4 Å². The van der Waals surface area contributed by atoms with Crippen LogP contribution in [0.5, 0.6) is 0 Å². The highest BCUT2D eigenvalue weighted by Gasteiger charge is 2.20. The molecule has 14 heavy (non-hydrogen) atoms. The lowest BCUT2D eigenvalue weighted by Crippen LogP contribution is -2.36. The molecule has 1 aliphatic rings. The first-order valence-corrected chi connectivity index (χ1v) is 5.80. The molecule has 0 aliphatic heterocycles. The number of rotatable bonds is 3. The van der Waals surface area contributed by atoms with E-state index in [2.05, 4.69) is 0 Å². The molecule has 0 saturated heterocycles. The van der Waals surface area contributed by atoms with Crippen molar-refractivity contribution in [3.05, 3.63) is 11.1 Å². The van der Waals surface area contributed by atoms with E-state index in [1.807, 2.05) is 6.92 Å². The number of ether oxygens (including phenoxy) is 1. The van der Waals surface area contributed by atoms with Gasteiger partial charge in [-0.25, -0.2) is 0 Å². The van der Waals surface area contributed by atoms with Crippen LogP contribution in [0.15, 0.2) is 11.1 Å². The molecule has 2 nitrogen and oxygen atoms in total. The zero-order valence-corrected chi connectivity index (χ0v) is 9.59. The van der Waals surface area contributed by atoms with Gasteiger partial charge in [0.15, 0.2) is 0 Å². The first kappa shape index (κ1) is 12.0. The number of hydrogen-bond acceptors (Lipinski definition) is 2. The van der Waals surface area contributed by atoms with Gasteiger partial charge in [-0.15, -0.1) is 0 Å². The molecule has 0 aromatic rings. The van der Waals surface area contributed by atoms with Crippen LogP contribution >= 0.6 is 11.6 Å². The Bertz CT molecular complexity index is 194. The second kappa shape index (κ2) is 6.44. The van der Waals surface area contributed by atoms with Crippen molar-refractivity contribution in [1.29, 1.82) is 0 Å². The minimum Gasteiger partial charge on any atom is -0.372 e. The maximum Gasteiger partial charge on any atom is 0.0730 e. The van der Waals surface area contributed by atoms with E-state index in [0.29, 0.717) is 6.61 Å². The minimum absolute atomic E-state index is 0.209. The molecule has 0 radical (unpaired) electrons. The van der Waals surface area contributed by atoms with Gasteiger partial charge in [0.25, 0.3) is 0 Å². The summed E-state index contributed by atoms with van der Waals surface area (Å²) in [4.78, 5) is 0. The molecule has 0 spiro atoms. The Morgan fingerprint density at radius 3 is 2.86 bits per heavy atom. The van der Waals surface area contributed by atoms with Crippen molar-refractivity contribution in [2.75, 3.05) is 6.61 Å². The van der Waals surface area contributed by atoms with Crippen molar-refractivity contribution in [2.24, 2.45) is 5.73 Å². The van der Waals surface area contributed by atoms with Crippen molar-refractivity contribution in [1.82, 2.24) is 0 Å². The third kappa shape index (κ3) is 3.99. The summed E-state index contributed by atoms with van der Waals surface area (Å²) in [6, 6.07) is 0.209. The summed E-state index contributed by atoms with van der Waals surface area (Å²) >= 11 is 5.57. The van der Waals surface area contributed by atoms with E-state index in [1.54, 1.807) is 5.54 Å². The standard InChI is InChI=1S/C11H20ClNO/c1-9(7-12)8-14-11-6-4-2-3-5-10(11)13/h7,10-11H,2-6,8,13H2,1H3. The molecule has 1 aliphatic carbocycles. The predicted octanol–water partition coefficient (Wildman–Crippen LogP) is 2.81. The summed E-state index contributed by atoms with van der Waals surface area (Å²) in [6.07, 6.45) is 6.18. The molecule has 0 amide bonds. The van der Waals surface area contributed by atoms with Crippen molar-refractivity contribution in [3.63, 3.8) is 0 Å². The van der Waals surface area contributed by atoms with Gasteiger partial charge in [0.05, 0.1) is 12.7 Å². The van der Waals surface area contributed by atoms with E-state index in [1.165, 1.54) is 19.3 Å². The smallest absolute Gasteiger partial charge is 0.0730 e. The van der Waals surface area contributed by atoms with Crippen LogP contribution < -0.4 is 5.73 Å². The molecule has 0 bridgehead atoms. The Kier molecular flexibility index (Phi) is 5.53. The van der Waals surface area contributed by atoms with Crippen LogP contribution in [-0.2, 0) is 4.74 Å². The van der Waals surface area contributed by atoms with Crippen molar-refractivity contribution in [3.8, 4) is 0 Å². The molecular weight excluding hydrogens is 198 g/mol. The molecule has 1 fully saturated rings. The average molecular weight is 218 g/mol. The lowest BCUT2D eigenvalue weighted by Gasteiger charge is -2.21. The third-order valence-electron chi connectivity index (χ3n) is 2.71. The molecule has 82 valence electrons. The van der Waals surface area contributed by atoms with Gasteiger partial charge in [-0.1, -0.05) is 30.9 Å². The van der Waals surface area contributed by atoms with Crippen LogP contribution in [0.4, 0.5) is 0 Å². The quantitative estimate of drug-likeness (QED) is 0.738. The van der Waals surface area contributed by atoms with E-state index in [9.17, 15) is 0 Å². The molecule has 1 rings (SSSR count). The Balaban J connectivity index is 2.33. The highest BCUT2D eigenvalue weighted by atomic mass is 35.5. The van der Waals surface area contributed by atoms with E-state index < -0.39 is 0 Å². The molecule has 2 N–H and O–H groups in total. The summed E-state index contributed by atoms with van der Waals surface area (Å²) in [5.74, 6) is 0. The summed E-state index contributed by atoms with van der Waals surface area (Å²) < 4.78 is 5.75. The number of halogens is 1. The third-order valence-corrected chi connectivity index (χ3v) is 3.09. The lowest BCUT2D eigenvalue weighted by molar-refractivity contribution is 0.0460. The van der Waals surface area contributed by atoms with Gasteiger partial charge in [0, 0.05) is 11.6 Å². The topological polar surface area (TPSA) is 35.2 Å². The first-order valence-electron chi connectivity index (χ1n) is 5.37. The van der Waals surface area contributed by atoms with Gasteiger partial charge in [-0.3, -0.25) is 0 Å². The maximum atomic E-state index is 6.03. The van der Waals surface area contributed by atoms with Crippen molar-refractivity contribution < 1.29 is 4.74 Å². The van der Waals surface area contributed by atoms with E-state index >= 15 is 0 Å². The van der Waals surface area contributed by atoms with Crippen LogP contribution in [0.3, 0.4) is 0 Å². The highest BCUT2D eigenvalue weighted by Crippen LogP contribution is 2.19. The number of hydrogen-bond donors (Lipinski definition) is 1. The predicted molar refractivity (Wildman–Crippen MR) is 60.4 cm³/mol. The monoisotopic (exact) mass is 217 g/mol. The van der Waals surface area contributed by atoms with Gasteiger partial charge in [-0.05, 0) is 25.3 Å². The Hall–Kier alpha value is -0.0500. The van der Waals surface area contributed by atoms with Crippen molar-refractivity contribution >= 4 is 11.6 Å². The van der Waals surface area contributed by atoms with Gasteiger partial charge >= 0.3 is 0 Å². The second-order valence-electron chi connectivity index (χ2n) is 4.11. The highest BCUT2D eigenvalue weighted by molar-refractivity contribution is 6.25. The molecule has 0 aromatic heterocycles. The van der Waals surface area contributed by atoms with Gasteiger partial charge in [0.1, 0.15) is 0 Å². The molecule has 2 unspecified atom stereocenters. The molecule has 1 saturated carbocycles. The largest absolute Gasteiger partial charge is 0.372 e. The van der Waals surface area contributed by atoms with Crippen LogP contribution in [0.25, 0.3) is 0 Å². The van der Waals surface area contributed by atoms with Gasteiger partial charge in [0.2, 0.25) is 0 Å². The van der Waals surface area contributed by atoms with Crippen LogP contribution in [0, 0.1) is 0 Å². The fraction of sp³-hybridized carbons (Fsp3) is 0.818. The Morgan fingerprint density at radius 1 is 1.43 bits per heavy atom. The van der Waals surface area contributed by atoms with E-state index in [4.69, 9.17) is 22.1 Å². The maximum absolute atomic E-state index is 6.03. The average Bonchev–Trinajstić information content (AvgIpc) is 2.39. The SMILES string of the molecule is CC(=CCl)COC1CCCCCC1N. The van der Waals surface area contributed by atoms with E-state index in [-0.39, 0.29) is 12.1 Å². The first-order chi connectivity index (χ1) is 6.74. The van der Waals surface area contributed by atoms with Gasteiger partial charge in [-0.2, -0.15) is 0 Å². The fourth-order valence-corrected chi connectivity index (χ4v) is 1.84. The number of nitrogens with two attached hydrogens (primary N) is 1. The zero-order valence-electron chi connectivity index (χ0n) is 8.84. The van der Waals surface area contributed by atoms with Crippen molar-refractivity contribution in [2.45, 2.75) is 51.2 Å². The lowest BCUT2D eigenvalue weighted by atomic mass is 10.1. The molecule has 3 heteroatoms. The summed E-state index contributed by atoms with van der Waals surface area (Å²) in [7, 11) is 0. The normalized spacial score (nSPS) is 30.1. The summed E-state index contributed by atoms with van der Waals surface area (Å²) in [5, 5.41) is 0. The Labute approximate surface area is 91.4 Å². The minimum atomic E-state index is 0.209. The molecule has 2 atom stereocenters. The van der Waals surface area contributed by atoms with Gasteiger partial charge < -0.3 is 10.5 Å². The van der Waals surface area contributed by atoms with Crippen LogP contribution in [0.1, 0.15) is 39.0 Å². The zero-order chi connectivity index (χ0) is 10.4. The molecule has 0 heterocycles.